The van der Waals surface area contributed by atoms with Crippen LogP contribution in [0.3, 0.4) is 0 Å². The molecule has 5 heteroatoms. The van der Waals surface area contributed by atoms with Gasteiger partial charge in [0.15, 0.2) is 0 Å². The maximum Gasteiger partial charge on any atom is 0.254 e. The zero-order valence-corrected chi connectivity index (χ0v) is 11.0. The average molecular weight is 272 g/mol. The lowest BCUT2D eigenvalue weighted by atomic mass is 9.96. The van der Waals surface area contributed by atoms with Crippen LogP contribution in [0.5, 0.6) is 0 Å². The van der Waals surface area contributed by atoms with E-state index in [0.29, 0.717) is 11.5 Å². The quantitative estimate of drug-likeness (QED) is 0.793. The van der Waals surface area contributed by atoms with E-state index in [-0.39, 0.29) is 24.5 Å². The minimum absolute atomic E-state index is 0.153. The molecule has 3 aliphatic rings. The molecule has 1 saturated carbocycles. The second-order valence-corrected chi connectivity index (χ2v) is 5.77. The fraction of sp³-hybridized carbons (Fsp3) is 0.467. The molecule has 104 valence electrons. The monoisotopic (exact) mass is 272 g/mol. The number of amides is 2. The van der Waals surface area contributed by atoms with Crippen molar-refractivity contribution in [1.29, 1.82) is 0 Å². The lowest BCUT2D eigenvalue weighted by Gasteiger charge is -2.26. The predicted molar refractivity (Wildman–Crippen MR) is 72.6 cm³/mol. The largest absolute Gasteiger partial charge is 0.394 e. The number of carbonyl (C=O) groups excluding carboxylic acids is 2. The first-order valence-corrected chi connectivity index (χ1v) is 7.10. The van der Waals surface area contributed by atoms with Crippen LogP contribution in [0.2, 0.25) is 0 Å². The Hall–Kier alpha value is -1.88. The van der Waals surface area contributed by atoms with Gasteiger partial charge in [-0.2, -0.15) is 0 Å². The molecule has 4 rings (SSSR count). The van der Waals surface area contributed by atoms with E-state index in [4.69, 9.17) is 0 Å². The number of nitrogens with zero attached hydrogens (tertiary/aromatic N) is 1. The van der Waals surface area contributed by atoms with Gasteiger partial charge in [0.25, 0.3) is 11.8 Å². The van der Waals surface area contributed by atoms with Gasteiger partial charge >= 0.3 is 0 Å². The van der Waals surface area contributed by atoms with Crippen molar-refractivity contribution in [3.8, 4) is 0 Å². The minimum atomic E-state index is -0.831. The molecular weight excluding hydrogens is 256 g/mol. The van der Waals surface area contributed by atoms with Gasteiger partial charge in [-0.15, -0.1) is 0 Å². The molecule has 2 N–H and O–H groups in total. The van der Waals surface area contributed by atoms with Crippen molar-refractivity contribution < 1.29 is 14.7 Å². The number of aliphatic hydroxyl groups is 1. The smallest absolute Gasteiger partial charge is 0.254 e. The SMILES string of the molecule is O=C1NC(CO)C(=O)N2c3c1cccc3[C@@H]1CCC[C@@H]12. The van der Waals surface area contributed by atoms with E-state index in [2.05, 4.69) is 5.32 Å². The molecule has 2 aliphatic heterocycles. The van der Waals surface area contributed by atoms with Crippen molar-refractivity contribution >= 4 is 17.5 Å². The highest BCUT2D eigenvalue weighted by Gasteiger charge is 2.48. The Morgan fingerprint density at radius 3 is 2.95 bits per heavy atom. The fourth-order valence-corrected chi connectivity index (χ4v) is 3.95. The molecule has 0 aromatic heterocycles. The number of nitrogens with one attached hydrogen (secondary N) is 1. The Morgan fingerprint density at radius 1 is 1.30 bits per heavy atom. The van der Waals surface area contributed by atoms with Crippen LogP contribution in [0.15, 0.2) is 18.2 Å². The number of para-hydroxylation sites is 1. The third-order valence-corrected chi connectivity index (χ3v) is 4.79. The summed E-state index contributed by atoms with van der Waals surface area (Å²) in [4.78, 5) is 26.7. The van der Waals surface area contributed by atoms with Crippen LogP contribution in [0.1, 0.15) is 41.1 Å². The molecule has 1 aliphatic carbocycles. The molecule has 0 bridgehead atoms. The third kappa shape index (κ3) is 1.36. The summed E-state index contributed by atoms with van der Waals surface area (Å²) in [5.41, 5.74) is 2.45. The number of anilines is 1. The van der Waals surface area contributed by atoms with E-state index >= 15 is 0 Å². The number of carbonyl (C=O) groups is 2. The maximum atomic E-state index is 12.6. The van der Waals surface area contributed by atoms with E-state index in [9.17, 15) is 14.7 Å². The minimum Gasteiger partial charge on any atom is -0.394 e. The normalized spacial score (nSPS) is 30.9. The highest BCUT2D eigenvalue weighted by molar-refractivity contribution is 6.13. The molecule has 1 aromatic carbocycles. The van der Waals surface area contributed by atoms with Gasteiger partial charge in [-0.25, -0.2) is 0 Å². The zero-order chi connectivity index (χ0) is 13.9. The molecule has 3 atom stereocenters. The molecule has 5 nitrogen and oxygen atoms in total. The van der Waals surface area contributed by atoms with Crippen LogP contribution in [-0.2, 0) is 4.79 Å². The van der Waals surface area contributed by atoms with Gasteiger partial charge < -0.3 is 15.3 Å². The van der Waals surface area contributed by atoms with Gasteiger partial charge in [0, 0.05) is 12.0 Å². The number of fused-ring (bicyclic) bond motifs is 3. The molecule has 0 spiro atoms. The molecule has 1 aromatic rings. The third-order valence-electron chi connectivity index (χ3n) is 4.79. The molecule has 1 fully saturated rings. The first kappa shape index (κ1) is 11.9. The van der Waals surface area contributed by atoms with E-state index in [1.165, 1.54) is 0 Å². The summed E-state index contributed by atoms with van der Waals surface area (Å²) in [5, 5.41) is 12.0. The second kappa shape index (κ2) is 4.06. The van der Waals surface area contributed by atoms with Crippen molar-refractivity contribution in [3.05, 3.63) is 29.3 Å². The molecular formula is C15H16N2O3. The molecule has 2 amide bonds. The number of benzene rings is 1. The van der Waals surface area contributed by atoms with Crippen LogP contribution in [-0.4, -0.2) is 35.6 Å². The predicted octanol–water partition coefficient (Wildman–Crippen LogP) is 0.774. The van der Waals surface area contributed by atoms with E-state index in [1.807, 2.05) is 12.1 Å². The molecule has 0 saturated heterocycles. The summed E-state index contributed by atoms with van der Waals surface area (Å²) in [5.74, 6) is -0.0997. The van der Waals surface area contributed by atoms with E-state index in [1.54, 1.807) is 11.0 Å². The zero-order valence-electron chi connectivity index (χ0n) is 11.0. The van der Waals surface area contributed by atoms with Crippen molar-refractivity contribution in [2.75, 3.05) is 11.5 Å². The summed E-state index contributed by atoms with van der Waals surface area (Å²) in [7, 11) is 0. The van der Waals surface area contributed by atoms with Crippen molar-refractivity contribution in [1.82, 2.24) is 5.32 Å². The molecule has 0 radical (unpaired) electrons. The Labute approximate surface area is 116 Å². The van der Waals surface area contributed by atoms with Crippen LogP contribution in [0, 0.1) is 0 Å². The molecule has 1 unspecified atom stereocenters. The number of aliphatic hydroxyl groups excluding tert-OH is 1. The Kier molecular flexibility index (Phi) is 2.41. The number of hydrogen-bond acceptors (Lipinski definition) is 3. The second-order valence-electron chi connectivity index (χ2n) is 5.77. The Bertz CT molecular complexity index is 613. The van der Waals surface area contributed by atoms with Crippen LogP contribution in [0.25, 0.3) is 0 Å². The number of hydrogen-bond donors (Lipinski definition) is 2. The van der Waals surface area contributed by atoms with Gasteiger partial charge in [0.2, 0.25) is 0 Å². The maximum absolute atomic E-state index is 12.6. The number of rotatable bonds is 1. The van der Waals surface area contributed by atoms with Gasteiger partial charge in [-0.05, 0) is 24.5 Å². The molecule has 2 heterocycles. The first-order valence-electron chi connectivity index (χ1n) is 7.10. The highest BCUT2D eigenvalue weighted by atomic mass is 16.3. The van der Waals surface area contributed by atoms with Crippen LogP contribution in [0.4, 0.5) is 5.69 Å². The van der Waals surface area contributed by atoms with E-state index < -0.39 is 6.04 Å². The van der Waals surface area contributed by atoms with Crippen molar-refractivity contribution in [2.24, 2.45) is 0 Å². The summed E-state index contributed by atoms with van der Waals surface area (Å²) in [6, 6.07) is 5.00. The van der Waals surface area contributed by atoms with Gasteiger partial charge in [-0.3, -0.25) is 9.59 Å². The van der Waals surface area contributed by atoms with Crippen molar-refractivity contribution in [2.45, 2.75) is 37.3 Å². The fourth-order valence-electron chi connectivity index (χ4n) is 3.95. The van der Waals surface area contributed by atoms with Gasteiger partial charge in [-0.1, -0.05) is 18.6 Å². The molecule has 20 heavy (non-hydrogen) atoms. The Morgan fingerprint density at radius 2 is 2.15 bits per heavy atom. The van der Waals surface area contributed by atoms with E-state index in [0.717, 1.165) is 30.5 Å². The van der Waals surface area contributed by atoms with Gasteiger partial charge in [0.1, 0.15) is 6.04 Å². The summed E-state index contributed by atoms with van der Waals surface area (Å²) >= 11 is 0. The van der Waals surface area contributed by atoms with Crippen LogP contribution >= 0.6 is 0 Å². The average Bonchev–Trinajstić information content (AvgIpc) is 3.00. The summed E-state index contributed by atoms with van der Waals surface area (Å²) in [6.45, 7) is -0.359. The standard InChI is InChI=1S/C15H16N2O3/c18-7-11-15(20)17-12-6-2-3-8(12)9-4-1-5-10(13(9)17)14(19)16-11/h1,4-5,8,11-12,18H,2-3,6-7H2,(H,16,19)/t8-,11?,12-/m0/s1. The first-order chi connectivity index (χ1) is 9.72. The summed E-state index contributed by atoms with van der Waals surface area (Å²) < 4.78 is 0. The van der Waals surface area contributed by atoms with Crippen LogP contribution < -0.4 is 10.2 Å². The van der Waals surface area contributed by atoms with Gasteiger partial charge in [0.05, 0.1) is 17.9 Å². The lowest BCUT2D eigenvalue weighted by Crippen LogP contribution is -2.50. The van der Waals surface area contributed by atoms with Crippen molar-refractivity contribution in [3.63, 3.8) is 0 Å². The topological polar surface area (TPSA) is 69.6 Å². The summed E-state index contributed by atoms with van der Waals surface area (Å²) in [6.07, 6.45) is 3.14. The Balaban J connectivity index is 1.95. The lowest BCUT2D eigenvalue weighted by molar-refractivity contribution is -0.121. The highest BCUT2D eigenvalue weighted by Crippen LogP contribution is 2.51.